The number of halogens is 2. The standard InChI is InChI=1S/C29H31F2N5OS/c1-17(2)36-10-11-37-29-21(30)12-20(13-24(29)36)28-22(31)16-32-26(34-28)15-27-33-23-5-4-19(14-25(23)38-27)18-6-8-35(3)9-7-18/h4-5,12-14,16-18H,6-11,15H2,1-3H3. The highest BCUT2D eigenvalue weighted by Gasteiger charge is 2.26. The van der Waals surface area contributed by atoms with E-state index in [2.05, 4.69) is 45.0 Å². The van der Waals surface area contributed by atoms with E-state index in [9.17, 15) is 4.39 Å². The van der Waals surface area contributed by atoms with Gasteiger partial charge in [0.15, 0.2) is 17.4 Å². The molecule has 0 spiro atoms. The van der Waals surface area contributed by atoms with Crippen molar-refractivity contribution in [2.45, 2.75) is 45.1 Å². The maximum absolute atomic E-state index is 15.0. The molecule has 0 unspecified atom stereocenters. The van der Waals surface area contributed by atoms with E-state index in [4.69, 9.17) is 9.72 Å². The van der Waals surface area contributed by atoms with Crippen molar-refractivity contribution < 1.29 is 13.5 Å². The summed E-state index contributed by atoms with van der Waals surface area (Å²) in [5.41, 5.74) is 3.39. The Bertz CT molecular complexity index is 1480. The maximum Gasteiger partial charge on any atom is 0.178 e. The first-order valence-corrected chi connectivity index (χ1v) is 14.0. The smallest absolute Gasteiger partial charge is 0.178 e. The van der Waals surface area contributed by atoms with Crippen molar-refractivity contribution in [1.29, 1.82) is 0 Å². The molecular formula is C29H31F2N5OS. The average Bonchev–Trinajstić information content (AvgIpc) is 3.31. The Labute approximate surface area is 225 Å². The Balaban J connectivity index is 1.28. The Kier molecular flexibility index (Phi) is 6.74. The summed E-state index contributed by atoms with van der Waals surface area (Å²) in [6.07, 6.45) is 3.89. The molecule has 0 radical (unpaired) electrons. The molecule has 0 atom stereocenters. The lowest BCUT2D eigenvalue weighted by Crippen LogP contribution is -2.38. The van der Waals surface area contributed by atoms with Gasteiger partial charge in [-0.25, -0.2) is 23.7 Å². The van der Waals surface area contributed by atoms with Crippen LogP contribution in [0.15, 0.2) is 36.5 Å². The highest BCUT2D eigenvalue weighted by molar-refractivity contribution is 7.18. The predicted octanol–water partition coefficient (Wildman–Crippen LogP) is 6.04. The molecule has 0 N–H and O–H groups in total. The molecule has 198 valence electrons. The normalized spacial score (nSPS) is 16.7. The van der Waals surface area contributed by atoms with Crippen molar-refractivity contribution in [2.75, 3.05) is 38.2 Å². The molecule has 4 heterocycles. The van der Waals surface area contributed by atoms with Crippen LogP contribution in [-0.2, 0) is 6.42 Å². The van der Waals surface area contributed by atoms with Crippen molar-refractivity contribution in [3.63, 3.8) is 0 Å². The van der Waals surface area contributed by atoms with Crippen molar-refractivity contribution in [2.24, 2.45) is 0 Å². The summed E-state index contributed by atoms with van der Waals surface area (Å²) in [4.78, 5) is 18.0. The number of likely N-dealkylation sites (tertiary alicyclic amines) is 1. The van der Waals surface area contributed by atoms with E-state index in [0.717, 1.165) is 34.5 Å². The summed E-state index contributed by atoms with van der Waals surface area (Å²) < 4.78 is 36.7. The van der Waals surface area contributed by atoms with Crippen LogP contribution in [0.2, 0.25) is 0 Å². The molecule has 2 aliphatic heterocycles. The van der Waals surface area contributed by atoms with Gasteiger partial charge in [-0.15, -0.1) is 11.3 Å². The number of thiazole rings is 1. The van der Waals surface area contributed by atoms with Crippen LogP contribution in [0.5, 0.6) is 5.75 Å². The summed E-state index contributed by atoms with van der Waals surface area (Å²) in [7, 11) is 2.18. The van der Waals surface area contributed by atoms with Gasteiger partial charge in [-0.2, -0.15) is 0 Å². The highest BCUT2D eigenvalue weighted by Crippen LogP contribution is 2.39. The van der Waals surface area contributed by atoms with E-state index >= 15 is 4.39 Å². The van der Waals surface area contributed by atoms with E-state index in [0.29, 0.717) is 42.6 Å². The zero-order chi connectivity index (χ0) is 26.4. The van der Waals surface area contributed by atoms with E-state index in [-0.39, 0.29) is 17.5 Å². The molecule has 1 saturated heterocycles. The zero-order valence-corrected chi connectivity index (χ0v) is 22.7. The third-order valence-corrected chi connectivity index (χ3v) is 8.58. The van der Waals surface area contributed by atoms with Gasteiger partial charge >= 0.3 is 0 Å². The van der Waals surface area contributed by atoms with Crippen LogP contribution < -0.4 is 9.64 Å². The van der Waals surface area contributed by atoms with E-state index < -0.39 is 11.6 Å². The Morgan fingerprint density at radius 1 is 1.05 bits per heavy atom. The van der Waals surface area contributed by atoms with Crippen LogP contribution in [0.3, 0.4) is 0 Å². The van der Waals surface area contributed by atoms with Gasteiger partial charge in [0, 0.05) is 11.6 Å². The molecule has 2 aromatic heterocycles. The van der Waals surface area contributed by atoms with Gasteiger partial charge < -0.3 is 14.5 Å². The van der Waals surface area contributed by atoms with Crippen LogP contribution >= 0.6 is 11.3 Å². The fourth-order valence-electron chi connectivity index (χ4n) is 5.46. The van der Waals surface area contributed by atoms with Crippen molar-refractivity contribution in [3.05, 3.63) is 64.6 Å². The fraction of sp³-hybridized carbons (Fsp3) is 0.414. The third kappa shape index (κ3) is 4.85. The SMILES string of the molecule is CC(C)N1CCOc2c(F)cc(-c3nc(Cc4nc5ccc(C6CCN(C)CC6)cc5s4)ncc3F)cc21. The van der Waals surface area contributed by atoms with Crippen LogP contribution in [0.25, 0.3) is 21.5 Å². The lowest BCUT2D eigenvalue weighted by atomic mass is 9.90. The first kappa shape index (κ1) is 25.1. The summed E-state index contributed by atoms with van der Waals surface area (Å²) in [5, 5.41) is 0.870. The Morgan fingerprint density at radius 2 is 1.87 bits per heavy atom. The largest absolute Gasteiger partial charge is 0.486 e. The summed E-state index contributed by atoms with van der Waals surface area (Å²) in [6.45, 7) is 7.38. The predicted molar refractivity (Wildman–Crippen MR) is 147 cm³/mol. The Hall–Kier alpha value is -3.17. The monoisotopic (exact) mass is 535 g/mol. The molecule has 2 aliphatic rings. The molecule has 6 rings (SSSR count). The van der Waals surface area contributed by atoms with E-state index in [1.165, 1.54) is 24.5 Å². The molecule has 38 heavy (non-hydrogen) atoms. The third-order valence-electron chi connectivity index (χ3n) is 7.56. The zero-order valence-electron chi connectivity index (χ0n) is 21.9. The minimum Gasteiger partial charge on any atom is -0.486 e. The quantitative estimate of drug-likeness (QED) is 0.311. The summed E-state index contributed by atoms with van der Waals surface area (Å²) in [5.74, 6) is 0.128. The Morgan fingerprint density at radius 3 is 2.66 bits per heavy atom. The van der Waals surface area contributed by atoms with Crippen LogP contribution in [0, 0.1) is 11.6 Å². The molecule has 0 bridgehead atoms. The lowest BCUT2D eigenvalue weighted by Gasteiger charge is -2.34. The molecule has 2 aromatic carbocycles. The maximum atomic E-state index is 15.0. The topological polar surface area (TPSA) is 54.4 Å². The van der Waals surface area contributed by atoms with E-state index in [1.807, 2.05) is 13.8 Å². The number of hydrogen-bond acceptors (Lipinski definition) is 7. The van der Waals surface area contributed by atoms with Crippen LogP contribution in [0.4, 0.5) is 14.5 Å². The van der Waals surface area contributed by atoms with Crippen LogP contribution in [0.1, 0.15) is 49.0 Å². The highest BCUT2D eigenvalue weighted by atomic mass is 32.1. The number of piperidine rings is 1. The molecule has 9 heteroatoms. The number of rotatable bonds is 5. The number of nitrogens with zero attached hydrogens (tertiary/aromatic N) is 5. The van der Waals surface area contributed by atoms with Gasteiger partial charge in [0.2, 0.25) is 0 Å². The van der Waals surface area contributed by atoms with Gasteiger partial charge in [-0.3, -0.25) is 0 Å². The van der Waals surface area contributed by atoms with Crippen molar-refractivity contribution >= 4 is 27.2 Å². The lowest BCUT2D eigenvalue weighted by molar-refractivity contribution is 0.255. The molecule has 1 fully saturated rings. The molecule has 6 nitrogen and oxygen atoms in total. The molecule has 4 aromatic rings. The number of benzene rings is 2. The summed E-state index contributed by atoms with van der Waals surface area (Å²) in [6, 6.07) is 9.76. The second-order valence-electron chi connectivity index (χ2n) is 10.5. The number of fused-ring (bicyclic) bond motifs is 2. The second kappa shape index (κ2) is 10.2. The number of anilines is 1. The minimum atomic E-state index is -0.590. The first-order chi connectivity index (χ1) is 18.4. The van der Waals surface area contributed by atoms with Gasteiger partial charge in [-0.1, -0.05) is 6.07 Å². The molecular weight excluding hydrogens is 504 g/mol. The summed E-state index contributed by atoms with van der Waals surface area (Å²) >= 11 is 1.62. The number of ether oxygens (including phenoxy) is 1. The molecule has 0 saturated carbocycles. The van der Waals surface area contributed by atoms with E-state index in [1.54, 1.807) is 17.4 Å². The van der Waals surface area contributed by atoms with Gasteiger partial charge in [0.25, 0.3) is 0 Å². The first-order valence-electron chi connectivity index (χ1n) is 13.2. The average molecular weight is 536 g/mol. The van der Waals surface area contributed by atoms with Gasteiger partial charge in [-0.05, 0) is 82.6 Å². The fourth-order valence-corrected chi connectivity index (χ4v) is 6.47. The van der Waals surface area contributed by atoms with Crippen molar-refractivity contribution in [3.8, 4) is 17.0 Å². The van der Waals surface area contributed by atoms with Gasteiger partial charge in [0.05, 0.1) is 35.1 Å². The molecule has 0 aliphatic carbocycles. The van der Waals surface area contributed by atoms with Crippen molar-refractivity contribution in [1.82, 2.24) is 19.9 Å². The molecule has 0 amide bonds. The van der Waals surface area contributed by atoms with Crippen LogP contribution in [-0.4, -0.2) is 59.2 Å². The second-order valence-corrected chi connectivity index (χ2v) is 11.6. The van der Waals surface area contributed by atoms with Gasteiger partial charge in [0.1, 0.15) is 23.1 Å². The number of hydrogen-bond donors (Lipinski definition) is 0. The number of aromatic nitrogens is 3. The minimum absolute atomic E-state index is 0.0802.